The number of anilines is 1. The summed E-state index contributed by atoms with van der Waals surface area (Å²) in [5, 5.41) is 3.35. The molecule has 4 nitrogen and oxygen atoms in total. The van der Waals surface area contributed by atoms with Crippen molar-refractivity contribution in [1.29, 1.82) is 0 Å². The third-order valence-electron chi connectivity index (χ3n) is 3.90. The quantitative estimate of drug-likeness (QED) is 0.411. The molecule has 1 atom stereocenters. The van der Waals surface area contributed by atoms with E-state index in [1.54, 1.807) is 18.2 Å². The first-order valence-corrected chi connectivity index (χ1v) is 10.5. The maximum absolute atomic E-state index is 14.8. The van der Waals surface area contributed by atoms with E-state index >= 15 is 0 Å². The van der Waals surface area contributed by atoms with Crippen molar-refractivity contribution in [2.45, 2.75) is 4.90 Å². The lowest BCUT2D eigenvalue weighted by Crippen LogP contribution is -2.16. The summed E-state index contributed by atoms with van der Waals surface area (Å²) < 4.78 is 46.3. The van der Waals surface area contributed by atoms with Crippen LogP contribution in [0.3, 0.4) is 0 Å². The molecule has 0 saturated carbocycles. The van der Waals surface area contributed by atoms with Crippen molar-refractivity contribution in [2.75, 3.05) is 18.3 Å². The Morgan fingerprint density at radius 1 is 1.13 bits per heavy atom. The average Bonchev–Trinajstić information content (AvgIpc) is 2.75. The Balaban J connectivity index is 1.79. The normalized spacial score (nSPS) is 11.4. The summed E-state index contributed by atoms with van der Waals surface area (Å²) in [7, 11) is 1.48. The minimum absolute atomic E-state index is 0.0416. The zero-order valence-corrected chi connectivity index (χ0v) is 17.8. The Kier molecular flexibility index (Phi) is 7.40. The van der Waals surface area contributed by atoms with Gasteiger partial charge in [-0.1, -0.05) is 35.0 Å². The monoisotopic (exact) mass is 466 g/mol. The zero-order valence-electron chi connectivity index (χ0n) is 15.5. The second kappa shape index (κ2) is 10.0. The first-order chi connectivity index (χ1) is 14.4. The molecule has 0 amide bonds. The minimum atomic E-state index is -1.61. The van der Waals surface area contributed by atoms with Crippen LogP contribution in [0, 0.1) is 23.5 Å². The van der Waals surface area contributed by atoms with Crippen molar-refractivity contribution in [2.24, 2.45) is 0 Å². The molecule has 0 aliphatic carbocycles. The van der Waals surface area contributed by atoms with Gasteiger partial charge in [0.15, 0.2) is 16.6 Å². The van der Waals surface area contributed by atoms with Gasteiger partial charge in [0.1, 0.15) is 5.82 Å². The van der Waals surface area contributed by atoms with Crippen LogP contribution in [0.4, 0.5) is 14.5 Å². The number of nitrogens with zero attached hydrogens (tertiary/aromatic N) is 1. The van der Waals surface area contributed by atoms with Gasteiger partial charge in [0.05, 0.1) is 23.4 Å². The fourth-order valence-corrected chi connectivity index (χ4v) is 3.98. The number of benzene rings is 2. The Morgan fingerprint density at radius 3 is 2.63 bits per heavy atom. The Labute approximate surface area is 185 Å². The number of ether oxygens (including phenoxy) is 1. The number of methoxy groups -OCH3 is 1. The van der Waals surface area contributed by atoms with Gasteiger partial charge < -0.3 is 14.6 Å². The molecule has 0 aliphatic rings. The lowest BCUT2D eigenvalue weighted by molar-refractivity contribution is 0.398. The summed E-state index contributed by atoms with van der Waals surface area (Å²) in [4.78, 5) is 4.30. The van der Waals surface area contributed by atoms with Crippen LogP contribution in [0.2, 0.25) is 10.0 Å². The summed E-state index contributed by atoms with van der Waals surface area (Å²) in [6.45, 7) is 0. The van der Waals surface area contributed by atoms with E-state index in [4.69, 9.17) is 27.9 Å². The van der Waals surface area contributed by atoms with Crippen LogP contribution >= 0.6 is 23.2 Å². The Hall–Kier alpha value is -2.50. The third kappa shape index (κ3) is 5.35. The molecule has 1 unspecified atom stereocenters. The molecule has 3 aromatic rings. The van der Waals surface area contributed by atoms with Crippen LogP contribution in [-0.2, 0) is 11.2 Å². The van der Waals surface area contributed by atoms with E-state index in [0.717, 1.165) is 6.07 Å². The van der Waals surface area contributed by atoms with Crippen LogP contribution < -0.4 is 10.1 Å². The molecule has 154 valence electrons. The van der Waals surface area contributed by atoms with Crippen molar-refractivity contribution in [3.63, 3.8) is 0 Å². The Morgan fingerprint density at radius 2 is 1.93 bits per heavy atom. The zero-order chi connectivity index (χ0) is 21.7. The molecule has 0 radical (unpaired) electrons. The summed E-state index contributed by atoms with van der Waals surface area (Å²) >= 11 is 10.3. The molecule has 1 N–H and O–H groups in total. The SMILES string of the molecule is COc1ccc(C#Cc2c(F)ccc(NC[S+]([O-])c3cc(Cl)ccc3Cl)c2F)cn1. The van der Waals surface area contributed by atoms with Crippen LogP contribution in [0.5, 0.6) is 5.88 Å². The Bertz CT molecular complexity index is 1120. The van der Waals surface area contributed by atoms with E-state index < -0.39 is 28.4 Å². The van der Waals surface area contributed by atoms with Gasteiger partial charge in [-0.25, -0.2) is 13.8 Å². The van der Waals surface area contributed by atoms with Crippen molar-refractivity contribution in [3.05, 3.63) is 81.5 Å². The molecule has 1 aromatic heterocycles. The number of hydrogen-bond acceptors (Lipinski definition) is 4. The van der Waals surface area contributed by atoms with E-state index in [1.807, 2.05) is 0 Å². The number of hydrogen-bond donors (Lipinski definition) is 1. The van der Waals surface area contributed by atoms with Crippen molar-refractivity contribution in [1.82, 2.24) is 4.98 Å². The molecule has 2 aromatic carbocycles. The first kappa shape index (κ1) is 22.2. The largest absolute Gasteiger partial charge is 0.610 e. The fraction of sp³-hybridized carbons (Fsp3) is 0.0952. The molecule has 0 fully saturated rings. The van der Waals surface area contributed by atoms with E-state index in [-0.39, 0.29) is 16.6 Å². The van der Waals surface area contributed by atoms with Crippen LogP contribution in [-0.4, -0.2) is 22.5 Å². The molecular formula is C21H14Cl2F2N2O2S. The molecule has 9 heteroatoms. The molecule has 3 rings (SSSR count). The highest BCUT2D eigenvalue weighted by Crippen LogP contribution is 2.27. The molecule has 0 saturated heterocycles. The number of pyridine rings is 1. The summed E-state index contributed by atoms with van der Waals surface area (Å²) in [6.07, 6.45) is 1.43. The van der Waals surface area contributed by atoms with Gasteiger partial charge in [0, 0.05) is 40.1 Å². The summed E-state index contributed by atoms with van der Waals surface area (Å²) in [5.41, 5.74) is 0.00658. The second-order valence-corrected chi connectivity index (χ2v) is 8.13. The lowest BCUT2D eigenvalue weighted by Gasteiger charge is -2.14. The number of aromatic nitrogens is 1. The van der Waals surface area contributed by atoms with Gasteiger partial charge in [-0.2, -0.15) is 0 Å². The minimum Gasteiger partial charge on any atom is -0.610 e. The number of halogens is 4. The molecule has 0 bridgehead atoms. The molecule has 1 heterocycles. The highest BCUT2D eigenvalue weighted by molar-refractivity contribution is 7.91. The van der Waals surface area contributed by atoms with Crippen LogP contribution in [0.15, 0.2) is 53.6 Å². The number of rotatable bonds is 5. The highest BCUT2D eigenvalue weighted by Gasteiger charge is 2.18. The van der Waals surface area contributed by atoms with E-state index in [2.05, 4.69) is 22.1 Å². The van der Waals surface area contributed by atoms with Gasteiger partial charge in [-0.3, -0.25) is 0 Å². The molecular weight excluding hydrogens is 453 g/mol. The summed E-state index contributed by atoms with van der Waals surface area (Å²) in [5.74, 6) is 3.67. The molecule has 30 heavy (non-hydrogen) atoms. The van der Waals surface area contributed by atoms with Gasteiger partial charge in [-0.15, -0.1) is 0 Å². The second-order valence-electron chi connectivity index (χ2n) is 5.86. The maximum atomic E-state index is 14.8. The average molecular weight is 467 g/mol. The standard InChI is InChI=1S/C21H14Cl2F2N2O2S/c1-29-20-9-3-13(11-26-20)2-5-15-17(24)7-8-18(21(15)25)27-12-30(28)19-10-14(22)4-6-16(19)23/h3-4,6-11,27H,12H2,1H3. The predicted octanol–water partition coefficient (Wildman–Crippen LogP) is 5.25. The maximum Gasteiger partial charge on any atom is 0.212 e. The predicted molar refractivity (Wildman–Crippen MR) is 114 cm³/mol. The number of nitrogens with one attached hydrogen (secondary N) is 1. The first-order valence-electron chi connectivity index (χ1n) is 8.46. The van der Waals surface area contributed by atoms with Crippen LogP contribution in [0.1, 0.15) is 11.1 Å². The smallest absolute Gasteiger partial charge is 0.212 e. The lowest BCUT2D eigenvalue weighted by atomic mass is 10.1. The topological polar surface area (TPSA) is 57.2 Å². The molecule has 0 spiro atoms. The van der Waals surface area contributed by atoms with E-state index in [9.17, 15) is 13.3 Å². The van der Waals surface area contributed by atoms with Gasteiger partial charge >= 0.3 is 0 Å². The van der Waals surface area contributed by atoms with Gasteiger partial charge in [0.2, 0.25) is 5.88 Å². The van der Waals surface area contributed by atoms with Crippen molar-refractivity contribution in [3.8, 4) is 17.7 Å². The van der Waals surface area contributed by atoms with Gasteiger partial charge in [0.25, 0.3) is 0 Å². The van der Waals surface area contributed by atoms with Crippen molar-refractivity contribution < 1.29 is 18.1 Å². The van der Waals surface area contributed by atoms with E-state index in [0.29, 0.717) is 21.4 Å². The highest BCUT2D eigenvalue weighted by atomic mass is 35.5. The van der Waals surface area contributed by atoms with Crippen molar-refractivity contribution >= 4 is 40.1 Å². The van der Waals surface area contributed by atoms with E-state index in [1.165, 1.54) is 31.5 Å². The van der Waals surface area contributed by atoms with Gasteiger partial charge in [-0.05, 0) is 30.3 Å². The molecule has 0 aliphatic heterocycles. The fourth-order valence-electron chi connectivity index (χ4n) is 2.39. The summed E-state index contributed by atoms with van der Waals surface area (Å²) in [6, 6.07) is 10.1. The third-order valence-corrected chi connectivity index (χ3v) is 5.81. The van der Waals surface area contributed by atoms with Crippen LogP contribution in [0.25, 0.3) is 0 Å².